The van der Waals surface area contributed by atoms with Crippen LogP contribution >= 0.6 is 0 Å². The lowest BCUT2D eigenvalue weighted by atomic mass is 9.89. The van der Waals surface area contributed by atoms with Crippen molar-refractivity contribution in [2.45, 2.75) is 38.5 Å². The van der Waals surface area contributed by atoms with E-state index in [1.807, 2.05) is 0 Å². The Kier molecular flexibility index (Phi) is 4.40. The second-order valence-corrected chi connectivity index (χ2v) is 6.43. The van der Waals surface area contributed by atoms with Gasteiger partial charge in [0.05, 0.1) is 0 Å². The minimum Gasteiger partial charge on any atom is -0.317 e. The molecular formula is C20H25N. The van der Waals surface area contributed by atoms with E-state index in [0.717, 1.165) is 19.0 Å². The summed E-state index contributed by atoms with van der Waals surface area (Å²) >= 11 is 0. The molecule has 1 heteroatoms. The summed E-state index contributed by atoms with van der Waals surface area (Å²) in [6.45, 7) is 6.81. The summed E-state index contributed by atoms with van der Waals surface area (Å²) in [5, 5.41) is 3.44. The van der Waals surface area contributed by atoms with Crippen LogP contribution < -0.4 is 5.32 Å². The van der Waals surface area contributed by atoms with Gasteiger partial charge in [-0.1, -0.05) is 62.4 Å². The first-order valence-corrected chi connectivity index (χ1v) is 8.15. The van der Waals surface area contributed by atoms with Crippen LogP contribution in [-0.2, 0) is 0 Å². The van der Waals surface area contributed by atoms with Gasteiger partial charge in [0.25, 0.3) is 0 Å². The third-order valence-corrected chi connectivity index (χ3v) is 4.61. The van der Waals surface area contributed by atoms with Crippen molar-refractivity contribution in [2.75, 3.05) is 13.1 Å². The van der Waals surface area contributed by atoms with Gasteiger partial charge in [0.1, 0.15) is 0 Å². The van der Waals surface area contributed by atoms with E-state index in [2.05, 4.69) is 67.7 Å². The van der Waals surface area contributed by atoms with Crippen LogP contribution in [0.2, 0.25) is 0 Å². The maximum atomic E-state index is 3.44. The van der Waals surface area contributed by atoms with Crippen molar-refractivity contribution in [2.24, 2.45) is 0 Å². The molecule has 0 atom stereocenters. The van der Waals surface area contributed by atoms with Crippen molar-refractivity contribution in [3.8, 4) is 11.1 Å². The third-order valence-electron chi connectivity index (χ3n) is 4.61. The topological polar surface area (TPSA) is 12.0 Å². The van der Waals surface area contributed by atoms with Crippen LogP contribution in [0.15, 0.2) is 48.5 Å². The van der Waals surface area contributed by atoms with Gasteiger partial charge in [-0.3, -0.25) is 0 Å². The van der Waals surface area contributed by atoms with Crippen molar-refractivity contribution in [3.63, 3.8) is 0 Å². The fourth-order valence-corrected chi connectivity index (χ4v) is 3.18. The molecule has 110 valence electrons. The second kappa shape index (κ2) is 6.44. The number of hydrogen-bond acceptors (Lipinski definition) is 1. The summed E-state index contributed by atoms with van der Waals surface area (Å²) in [6.07, 6.45) is 2.53. The van der Waals surface area contributed by atoms with Crippen LogP contribution in [0.4, 0.5) is 0 Å². The van der Waals surface area contributed by atoms with E-state index < -0.39 is 0 Å². The molecular weight excluding hydrogens is 254 g/mol. The van der Waals surface area contributed by atoms with Crippen LogP contribution in [0.5, 0.6) is 0 Å². The van der Waals surface area contributed by atoms with Crippen LogP contribution in [-0.4, -0.2) is 13.1 Å². The highest BCUT2D eigenvalue weighted by atomic mass is 14.9. The Hall–Kier alpha value is -1.60. The maximum absolute atomic E-state index is 3.44. The van der Waals surface area contributed by atoms with Crippen LogP contribution in [0.25, 0.3) is 11.1 Å². The standard InChI is InChI=1S/C20H25N/c1-15(2)19-4-3-5-20(14-19)17-8-6-16(7-9-17)18-10-12-21-13-11-18/h3-9,14-15,18,21H,10-13H2,1-2H3. The summed E-state index contributed by atoms with van der Waals surface area (Å²) in [7, 11) is 0. The summed E-state index contributed by atoms with van der Waals surface area (Å²) in [5.41, 5.74) is 5.57. The molecule has 1 fully saturated rings. The summed E-state index contributed by atoms with van der Waals surface area (Å²) < 4.78 is 0. The van der Waals surface area contributed by atoms with E-state index in [1.165, 1.54) is 35.1 Å². The van der Waals surface area contributed by atoms with Gasteiger partial charge in [-0.25, -0.2) is 0 Å². The molecule has 3 rings (SSSR count). The number of rotatable bonds is 3. The molecule has 0 radical (unpaired) electrons. The zero-order valence-electron chi connectivity index (χ0n) is 13.1. The van der Waals surface area contributed by atoms with Crippen LogP contribution in [0.1, 0.15) is 49.7 Å². The zero-order chi connectivity index (χ0) is 14.7. The smallest absolute Gasteiger partial charge is 0.00431 e. The molecule has 0 amide bonds. The predicted molar refractivity (Wildman–Crippen MR) is 90.8 cm³/mol. The Morgan fingerprint density at radius 2 is 1.62 bits per heavy atom. The number of piperidine rings is 1. The van der Waals surface area contributed by atoms with Crippen LogP contribution in [0.3, 0.4) is 0 Å². The van der Waals surface area contributed by atoms with E-state index in [-0.39, 0.29) is 0 Å². The number of hydrogen-bond donors (Lipinski definition) is 1. The number of benzene rings is 2. The van der Waals surface area contributed by atoms with E-state index in [0.29, 0.717) is 5.92 Å². The van der Waals surface area contributed by atoms with E-state index >= 15 is 0 Å². The molecule has 0 spiro atoms. The average molecular weight is 279 g/mol. The van der Waals surface area contributed by atoms with Crippen molar-refractivity contribution >= 4 is 0 Å². The van der Waals surface area contributed by atoms with Gasteiger partial charge in [0, 0.05) is 0 Å². The first-order valence-electron chi connectivity index (χ1n) is 8.15. The molecule has 0 saturated carbocycles. The molecule has 2 aromatic rings. The molecule has 1 saturated heterocycles. The lowest BCUT2D eigenvalue weighted by molar-refractivity contribution is 0.460. The molecule has 1 N–H and O–H groups in total. The molecule has 1 heterocycles. The Morgan fingerprint density at radius 3 is 2.29 bits per heavy atom. The van der Waals surface area contributed by atoms with Crippen molar-refractivity contribution in [1.82, 2.24) is 5.32 Å². The van der Waals surface area contributed by atoms with Crippen LogP contribution in [0, 0.1) is 0 Å². The highest BCUT2D eigenvalue weighted by Gasteiger charge is 2.14. The summed E-state index contributed by atoms with van der Waals surface area (Å²) in [6, 6.07) is 18.2. The molecule has 1 aliphatic heterocycles. The van der Waals surface area contributed by atoms with E-state index in [4.69, 9.17) is 0 Å². The normalized spacial score (nSPS) is 16.3. The molecule has 0 bridgehead atoms. The van der Waals surface area contributed by atoms with Gasteiger partial charge in [-0.2, -0.15) is 0 Å². The van der Waals surface area contributed by atoms with Gasteiger partial charge in [-0.15, -0.1) is 0 Å². The highest BCUT2D eigenvalue weighted by molar-refractivity contribution is 5.64. The SMILES string of the molecule is CC(C)c1cccc(-c2ccc(C3CCNCC3)cc2)c1. The highest BCUT2D eigenvalue weighted by Crippen LogP contribution is 2.29. The molecule has 2 aromatic carbocycles. The molecule has 1 nitrogen and oxygen atoms in total. The van der Waals surface area contributed by atoms with Gasteiger partial charge in [0.15, 0.2) is 0 Å². The van der Waals surface area contributed by atoms with E-state index in [1.54, 1.807) is 0 Å². The largest absolute Gasteiger partial charge is 0.317 e. The van der Waals surface area contributed by atoms with Gasteiger partial charge < -0.3 is 5.32 Å². The number of nitrogens with one attached hydrogen (secondary N) is 1. The molecule has 0 aromatic heterocycles. The second-order valence-electron chi connectivity index (χ2n) is 6.43. The molecule has 1 aliphatic rings. The van der Waals surface area contributed by atoms with E-state index in [9.17, 15) is 0 Å². The average Bonchev–Trinajstić information content (AvgIpc) is 2.56. The Labute approximate surface area is 128 Å². The van der Waals surface area contributed by atoms with Crippen molar-refractivity contribution in [3.05, 3.63) is 59.7 Å². The molecule has 21 heavy (non-hydrogen) atoms. The fourth-order valence-electron chi connectivity index (χ4n) is 3.18. The zero-order valence-corrected chi connectivity index (χ0v) is 13.1. The van der Waals surface area contributed by atoms with Gasteiger partial charge in [0.2, 0.25) is 0 Å². The quantitative estimate of drug-likeness (QED) is 0.838. The third kappa shape index (κ3) is 3.36. The minimum absolute atomic E-state index is 0.582. The maximum Gasteiger partial charge on any atom is -0.00431 e. The monoisotopic (exact) mass is 279 g/mol. The lowest BCUT2D eigenvalue weighted by Gasteiger charge is -2.23. The Bertz CT molecular complexity index is 577. The van der Waals surface area contributed by atoms with Crippen molar-refractivity contribution < 1.29 is 0 Å². The fraction of sp³-hybridized carbons (Fsp3) is 0.400. The first-order chi connectivity index (χ1) is 10.2. The van der Waals surface area contributed by atoms with Gasteiger partial charge >= 0.3 is 0 Å². The summed E-state index contributed by atoms with van der Waals surface area (Å²) in [5.74, 6) is 1.32. The van der Waals surface area contributed by atoms with Crippen molar-refractivity contribution in [1.29, 1.82) is 0 Å². The molecule has 0 unspecified atom stereocenters. The Morgan fingerprint density at radius 1 is 0.905 bits per heavy atom. The Balaban J connectivity index is 1.81. The van der Waals surface area contributed by atoms with Gasteiger partial charge in [-0.05, 0) is 60.0 Å². The predicted octanol–water partition coefficient (Wildman–Crippen LogP) is 4.94. The molecule has 0 aliphatic carbocycles. The lowest BCUT2D eigenvalue weighted by Crippen LogP contribution is -2.26. The summed E-state index contributed by atoms with van der Waals surface area (Å²) in [4.78, 5) is 0. The minimum atomic E-state index is 0.582. The first kappa shape index (κ1) is 14.3.